The van der Waals surface area contributed by atoms with Crippen molar-refractivity contribution in [2.24, 2.45) is 0 Å². The van der Waals surface area contributed by atoms with E-state index in [-0.39, 0.29) is 11.9 Å². The van der Waals surface area contributed by atoms with Gasteiger partial charge >= 0.3 is 0 Å². The number of carbonyl (C=O) groups is 1. The predicted molar refractivity (Wildman–Crippen MR) is 72.8 cm³/mol. The van der Waals surface area contributed by atoms with E-state index in [4.69, 9.17) is 5.73 Å². The largest absolute Gasteiger partial charge is 0.383 e. The van der Waals surface area contributed by atoms with Crippen LogP contribution in [0.15, 0.2) is 0 Å². The molecule has 0 radical (unpaired) electrons. The van der Waals surface area contributed by atoms with Crippen LogP contribution in [-0.4, -0.2) is 28.5 Å². The normalized spacial score (nSPS) is 23.0. The number of nitrogens with one attached hydrogen (secondary N) is 2. The van der Waals surface area contributed by atoms with E-state index in [1.165, 1.54) is 0 Å². The lowest BCUT2D eigenvalue weighted by atomic mass is 10.1. The Kier molecular flexibility index (Phi) is 3.00. The standard InChI is InChI=1S/C13H19N5O/c1-7-10(14)17-12(8-4-5-8)18-11(7)16-9-3-2-6-15-13(9)19/h8-9H,2-6H2,1H3,(H,15,19)(H3,14,16,17,18). The topological polar surface area (TPSA) is 92.9 Å². The molecule has 2 fully saturated rings. The summed E-state index contributed by atoms with van der Waals surface area (Å²) < 4.78 is 0. The number of piperidine rings is 1. The summed E-state index contributed by atoms with van der Waals surface area (Å²) in [5.41, 5.74) is 6.76. The Hall–Kier alpha value is -1.85. The van der Waals surface area contributed by atoms with Crippen molar-refractivity contribution in [3.05, 3.63) is 11.4 Å². The van der Waals surface area contributed by atoms with Gasteiger partial charge in [0.25, 0.3) is 0 Å². The Bertz CT molecular complexity index is 512. The molecule has 6 heteroatoms. The number of rotatable bonds is 3. The number of aromatic nitrogens is 2. The van der Waals surface area contributed by atoms with Crippen LogP contribution in [0, 0.1) is 6.92 Å². The second-order valence-electron chi connectivity index (χ2n) is 5.35. The molecule has 1 aromatic rings. The van der Waals surface area contributed by atoms with E-state index in [1.807, 2.05) is 6.92 Å². The highest BCUT2D eigenvalue weighted by Gasteiger charge is 2.29. The minimum absolute atomic E-state index is 0.0378. The van der Waals surface area contributed by atoms with Gasteiger partial charge in [0.15, 0.2) is 0 Å². The molecule has 0 aromatic carbocycles. The first kappa shape index (κ1) is 12.2. The third-order valence-electron chi connectivity index (χ3n) is 3.74. The van der Waals surface area contributed by atoms with Crippen molar-refractivity contribution in [1.82, 2.24) is 15.3 Å². The van der Waals surface area contributed by atoms with Crippen molar-refractivity contribution < 1.29 is 4.79 Å². The van der Waals surface area contributed by atoms with Crippen molar-refractivity contribution in [2.45, 2.75) is 44.6 Å². The number of nitrogen functional groups attached to an aromatic ring is 1. The van der Waals surface area contributed by atoms with E-state index < -0.39 is 0 Å². The van der Waals surface area contributed by atoms with Gasteiger partial charge in [0.1, 0.15) is 23.5 Å². The molecule has 102 valence electrons. The molecule has 1 unspecified atom stereocenters. The third kappa shape index (κ3) is 2.47. The summed E-state index contributed by atoms with van der Waals surface area (Å²) in [6, 6.07) is -0.214. The maximum absolute atomic E-state index is 11.8. The zero-order chi connectivity index (χ0) is 13.4. The van der Waals surface area contributed by atoms with Gasteiger partial charge in [-0.1, -0.05) is 0 Å². The lowest BCUT2D eigenvalue weighted by Crippen LogP contribution is -2.44. The molecular weight excluding hydrogens is 242 g/mol. The fourth-order valence-electron chi connectivity index (χ4n) is 2.29. The lowest BCUT2D eigenvalue weighted by Gasteiger charge is -2.24. The molecule has 3 rings (SSSR count). The second-order valence-corrected chi connectivity index (χ2v) is 5.35. The number of nitrogens with two attached hydrogens (primary N) is 1. The monoisotopic (exact) mass is 261 g/mol. The van der Waals surface area contributed by atoms with Crippen LogP contribution < -0.4 is 16.4 Å². The Labute approximate surface area is 112 Å². The van der Waals surface area contributed by atoms with E-state index in [9.17, 15) is 4.79 Å². The van der Waals surface area contributed by atoms with Crippen LogP contribution in [0.5, 0.6) is 0 Å². The highest BCUT2D eigenvalue weighted by Crippen LogP contribution is 2.39. The van der Waals surface area contributed by atoms with Gasteiger partial charge < -0.3 is 16.4 Å². The Balaban J connectivity index is 1.84. The fraction of sp³-hybridized carbons (Fsp3) is 0.615. The quantitative estimate of drug-likeness (QED) is 0.753. The average Bonchev–Trinajstić information content (AvgIpc) is 3.21. The van der Waals surface area contributed by atoms with E-state index >= 15 is 0 Å². The number of anilines is 2. The highest BCUT2D eigenvalue weighted by molar-refractivity contribution is 5.85. The first-order valence-corrected chi connectivity index (χ1v) is 6.83. The molecule has 1 saturated carbocycles. The minimum Gasteiger partial charge on any atom is -0.383 e. The molecule has 1 saturated heterocycles. The van der Waals surface area contributed by atoms with Crippen LogP contribution >= 0.6 is 0 Å². The summed E-state index contributed by atoms with van der Waals surface area (Å²) >= 11 is 0. The van der Waals surface area contributed by atoms with E-state index in [0.717, 1.165) is 43.6 Å². The van der Waals surface area contributed by atoms with Gasteiger partial charge in [-0.05, 0) is 32.6 Å². The van der Waals surface area contributed by atoms with Crippen molar-refractivity contribution in [1.29, 1.82) is 0 Å². The van der Waals surface area contributed by atoms with Gasteiger partial charge in [0, 0.05) is 18.0 Å². The Morgan fingerprint density at radius 2 is 2.11 bits per heavy atom. The maximum atomic E-state index is 11.8. The molecule has 0 bridgehead atoms. The number of amides is 1. The van der Waals surface area contributed by atoms with E-state index in [1.54, 1.807) is 0 Å². The SMILES string of the molecule is Cc1c(N)nc(C2CC2)nc1NC1CCCNC1=O. The van der Waals surface area contributed by atoms with Crippen LogP contribution in [0.1, 0.15) is 43.0 Å². The van der Waals surface area contributed by atoms with Gasteiger partial charge in [-0.3, -0.25) is 4.79 Å². The van der Waals surface area contributed by atoms with Gasteiger partial charge in [0.05, 0.1) is 0 Å². The van der Waals surface area contributed by atoms with Crippen LogP contribution in [-0.2, 0) is 4.79 Å². The van der Waals surface area contributed by atoms with Crippen LogP contribution in [0.3, 0.4) is 0 Å². The smallest absolute Gasteiger partial charge is 0.242 e. The van der Waals surface area contributed by atoms with Gasteiger partial charge in [-0.15, -0.1) is 0 Å². The summed E-state index contributed by atoms with van der Waals surface area (Å²) in [6.45, 7) is 2.64. The van der Waals surface area contributed by atoms with E-state index in [0.29, 0.717) is 17.6 Å². The minimum atomic E-state index is -0.214. The van der Waals surface area contributed by atoms with Crippen molar-refractivity contribution in [2.75, 3.05) is 17.6 Å². The molecule has 1 aromatic heterocycles. The Morgan fingerprint density at radius 1 is 1.32 bits per heavy atom. The fourth-order valence-corrected chi connectivity index (χ4v) is 2.29. The molecule has 1 aliphatic carbocycles. The van der Waals surface area contributed by atoms with Crippen molar-refractivity contribution in [3.63, 3.8) is 0 Å². The van der Waals surface area contributed by atoms with Gasteiger partial charge in [-0.2, -0.15) is 0 Å². The van der Waals surface area contributed by atoms with Crippen molar-refractivity contribution >= 4 is 17.5 Å². The van der Waals surface area contributed by atoms with Crippen LogP contribution in [0.4, 0.5) is 11.6 Å². The molecule has 1 amide bonds. The number of carbonyl (C=O) groups excluding carboxylic acids is 1. The molecule has 19 heavy (non-hydrogen) atoms. The zero-order valence-corrected chi connectivity index (χ0v) is 11.1. The molecule has 4 N–H and O–H groups in total. The average molecular weight is 261 g/mol. The first-order chi connectivity index (χ1) is 9.15. The van der Waals surface area contributed by atoms with Gasteiger partial charge in [-0.25, -0.2) is 9.97 Å². The zero-order valence-electron chi connectivity index (χ0n) is 11.1. The summed E-state index contributed by atoms with van der Waals surface area (Å²) in [6.07, 6.45) is 4.07. The molecular formula is C13H19N5O. The third-order valence-corrected chi connectivity index (χ3v) is 3.74. The summed E-state index contributed by atoms with van der Waals surface area (Å²) in [7, 11) is 0. The Morgan fingerprint density at radius 3 is 2.79 bits per heavy atom. The number of hydrogen-bond acceptors (Lipinski definition) is 5. The first-order valence-electron chi connectivity index (χ1n) is 6.83. The molecule has 2 heterocycles. The highest BCUT2D eigenvalue weighted by atomic mass is 16.2. The van der Waals surface area contributed by atoms with Crippen LogP contribution in [0.2, 0.25) is 0 Å². The van der Waals surface area contributed by atoms with Crippen molar-refractivity contribution in [3.8, 4) is 0 Å². The van der Waals surface area contributed by atoms with Crippen LogP contribution in [0.25, 0.3) is 0 Å². The maximum Gasteiger partial charge on any atom is 0.242 e. The molecule has 1 aliphatic heterocycles. The second kappa shape index (κ2) is 4.68. The predicted octanol–water partition coefficient (Wildman–Crippen LogP) is 0.935. The lowest BCUT2D eigenvalue weighted by molar-refractivity contribution is -0.123. The number of nitrogens with zero attached hydrogens (tertiary/aromatic N) is 2. The summed E-state index contributed by atoms with van der Waals surface area (Å²) in [5, 5.41) is 6.08. The molecule has 0 spiro atoms. The molecule has 6 nitrogen and oxygen atoms in total. The molecule has 2 aliphatic rings. The molecule has 1 atom stereocenters. The van der Waals surface area contributed by atoms with E-state index in [2.05, 4.69) is 20.6 Å². The summed E-state index contributed by atoms with van der Waals surface area (Å²) in [4.78, 5) is 20.7. The number of hydrogen-bond donors (Lipinski definition) is 3. The summed E-state index contributed by atoms with van der Waals surface area (Å²) in [5.74, 6) is 2.51. The van der Waals surface area contributed by atoms with Gasteiger partial charge in [0.2, 0.25) is 5.91 Å².